The molecule has 1 unspecified atom stereocenters. The minimum absolute atomic E-state index is 0.211. The van der Waals surface area contributed by atoms with Gasteiger partial charge in [-0.3, -0.25) is 0 Å². The SMILES string of the molecule is C[C@@H](O)CN(C)CC1CCCN1C. The van der Waals surface area contributed by atoms with Gasteiger partial charge in [0.2, 0.25) is 0 Å². The molecule has 1 rings (SSSR count). The normalized spacial score (nSPS) is 27.0. The van der Waals surface area contributed by atoms with Gasteiger partial charge in [0.05, 0.1) is 6.10 Å². The van der Waals surface area contributed by atoms with E-state index in [-0.39, 0.29) is 6.10 Å². The number of likely N-dealkylation sites (N-methyl/N-ethyl adjacent to an activating group) is 2. The van der Waals surface area contributed by atoms with Crippen LogP contribution in [-0.4, -0.2) is 60.8 Å². The smallest absolute Gasteiger partial charge is 0.0638 e. The highest BCUT2D eigenvalue weighted by atomic mass is 16.3. The van der Waals surface area contributed by atoms with E-state index in [1.165, 1.54) is 19.4 Å². The van der Waals surface area contributed by atoms with Crippen molar-refractivity contribution in [2.75, 3.05) is 33.7 Å². The average Bonchev–Trinajstić information content (AvgIpc) is 2.34. The molecule has 1 saturated heterocycles. The molecule has 0 aliphatic carbocycles. The Morgan fingerprint density at radius 2 is 2.31 bits per heavy atom. The summed E-state index contributed by atoms with van der Waals surface area (Å²) in [5.74, 6) is 0. The average molecular weight is 186 g/mol. The molecule has 0 spiro atoms. The van der Waals surface area contributed by atoms with Crippen molar-refractivity contribution in [3.8, 4) is 0 Å². The van der Waals surface area contributed by atoms with E-state index in [0.29, 0.717) is 6.04 Å². The molecule has 78 valence electrons. The molecule has 0 bridgehead atoms. The number of likely N-dealkylation sites (tertiary alicyclic amines) is 1. The Hall–Kier alpha value is -0.120. The lowest BCUT2D eigenvalue weighted by Gasteiger charge is -2.26. The van der Waals surface area contributed by atoms with Gasteiger partial charge in [-0.2, -0.15) is 0 Å². The lowest BCUT2D eigenvalue weighted by atomic mass is 10.2. The number of hydrogen-bond acceptors (Lipinski definition) is 3. The van der Waals surface area contributed by atoms with E-state index < -0.39 is 0 Å². The van der Waals surface area contributed by atoms with Crippen LogP contribution in [0.1, 0.15) is 19.8 Å². The number of nitrogens with zero attached hydrogens (tertiary/aromatic N) is 2. The van der Waals surface area contributed by atoms with Crippen LogP contribution in [-0.2, 0) is 0 Å². The van der Waals surface area contributed by atoms with Crippen molar-refractivity contribution in [2.24, 2.45) is 0 Å². The number of rotatable bonds is 4. The van der Waals surface area contributed by atoms with E-state index in [4.69, 9.17) is 0 Å². The summed E-state index contributed by atoms with van der Waals surface area (Å²) in [6, 6.07) is 0.698. The topological polar surface area (TPSA) is 26.7 Å². The van der Waals surface area contributed by atoms with Crippen molar-refractivity contribution in [3.63, 3.8) is 0 Å². The van der Waals surface area contributed by atoms with E-state index in [1.807, 2.05) is 6.92 Å². The summed E-state index contributed by atoms with van der Waals surface area (Å²) in [5, 5.41) is 9.21. The van der Waals surface area contributed by atoms with Crippen LogP contribution in [0.15, 0.2) is 0 Å². The lowest BCUT2D eigenvalue weighted by molar-refractivity contribution is 0.125. The summed E-state index contributed by atoms with van der Waals surface area (Å²) in [4.78, 5) is 4.63. The van der Waals surface area contributed by atoms with E-state index in [0.717, 1.165) is 13.1 Å². The fraction of sp³-hybridized carbons (Fsp3) is 1.00. The summed E-state index contributed by atoms with van der Waals surface area (Å²) in [6.07, 6.45) is 2.42. The molecule has 3 nitrogen and oxygen atoms in total. The number of aliphatic hydroxyl groups excluding tert-OH is 1. The third kappa shape index (κ3) is 3.63. The molecular formula is C10H22N2O. The van der Waals surface area contributed by atoms with Gasteiger partial charge >= 0.3 is 0 Å². The van der Waals surface area contributed by atoms with Crippen LogP contribution >= 0.6 is 0 Å². The first-order valence-corrected chi connectivity index (χ1v) is 5.16. The van der Waals surface area contributed by atoms with E-state index >= 15 is 0 Å². The van der Waals surface area contributed by atoms with Crippen LogP contribution in [0.25, 0.3) is 0 Å². The minimum atomic E-state index is -0.211. The zero-order chi connectivity index (χ0) is 9.84. The van der Waals surface area contributed by atoms with Crippen LogP contribution in [0.3, 0.4) is 0 Å². The second-order valence-corrected chi connectivity index (χ2v) is 4.35. The fourth-order valence-corrected chi connectivity index (χ4v) is 2.10. The molecular weight excluding hydrogens is 164 g/mol. The largest absolute Gasteiger partial charge is 0.392 e. The highest BCUT2D eigenvalue weighted by molar-refractivity contribution is 4.78. The molecule has 3 heteroatoms. The third-order valence-corrected chi connectivity index (χ3v) is 2.77. The van der Waals surface area contributed by atoms with E-state index in [9.17, 15) is 5.11 Å². The summed E-state index contributed by atoms with van der Waals surface area (Å²) in [7, 11) is 4.27. The zero-order valence-corrected chi connectivity index (χ0v) is 9.03. The van der Waals surface area contributed by atoms with Gasteiger partial charge in [0.1, 0.15) is 0 Å². The maximum Gasteiger partial charge on any atom is 0.0638 e. The third-order valence-electron chi connectivity index (χ3n) is 2.77. The van der Waals surface area contributed by atoms with Crippen molar-refractivity contribution >= 4 is 0 Å². The Kier molecular flexibility index (Phi) is 4.16. The predicted molar refractivity (Wildman–Crippen MR) is 54.8 cm³/mol. The van der Waals surface area contributed by atoms with Crippen molar-refractivity contribution in [2.45, 2.75) is 31.9 Å². The molecule has 0 radical (unpaired) electrons. The first kappa shape index (κ1) is 11.0. The maximum atomic E-state index is 9.21. The van der Waals surface area contributed by atoms with Crippen molar-refractivity contribution in [1.29, 1.82) is 0 Å². The van der Waals surface area contributed by atoms with Crippen LogP contribution in [0.4, 0.5) is 0 Å². The second kappa shape index (κ2) is 4.94. The van der Waals surface area contributed by atoms with Crippen molar-refractivity contribution < 1.29 is 5.11 Å². The Labute approximate surface area is 81.3 Å². The Morgan fingerprint density at radius 1 is 1.62 bits per heavy atom. The van der Waals surface area contributed by atoms with Gasteiger partial charge in [0.25, 0.3) is 0 Å². The summed E-state index contributed by atoms with van der Waals surface area (Å²) >= 11 is 0. The van der Waals surface area contributed by atoms with Gasteiger partial charge in [0, 0.05) is 19.1 Å². The number of aliphatic hydroxyl groups is 1. The van der Waals surface area contributed by atoms with Gasteiger partial charge in [-0.15, -0.1) is 0 Å². The first-order chi connectivity index (χ1) is 6.09. The molecule has 0 amide bonds. The molecule has 0 aromatic heterocycles. The molecule has 13 heavy (non-hydrogen) atoms. The van der Waals surface area contributed by atoms with Gasteiger partial charge in [-0.1, -0.05) is 0 Å². The molecule has 0 aromatic carbocycles. The van der Waals surface area contributed by atoms with Gasteiger partial charge in [-0.25, -0.2) is 0 Å². The minimum Gasteiger partial charge on any atom is -0.392 e. The predicted octanol–water partition coefficient (Wildman–Crippen LogP) is 0.393. The molecule has 1 fully saturated rings. The first-order valence-electron chi connectivity index (χ1n) is 5.16. The summed E-state index contributed by atoms with van der Waals surface area (Å²) < 4.78 is 0. The molecule has 1 heterocycles. The van der Waals surface area contributed by atoms with Gasteiger partial charge in [-0.05, 0) is 40.4 Å². The van der Waals surface area contributed by atoms with Crippen LogP contribution < -0.4 is 0 Å². The second-order valence-electron chi connectivity index (χ2n) is 4.35. The van der Waals surface area contributed by atoms with E-state index in [1.54, 1.807) is 0 Å². The summed E-state index contributed by atoms with van der Waals surface area (Å²) in [5.41, 5.74) is 0. The Bertz CT molecular complexity index is 150. The van der Waals surface area contributed by atoms with Crippen molar-refractivity contribution in [3.05, 3.63) is 0 Å². The monoisotopic (exact) mass is 186 g/mol. The zero-order valence-electron chi connectivity index (χ0n) is 9.03. The number of hydrogen-bond donors (Lipinski definition) is 1. The van der Waals surface area contributed by atoms with E-state index in [2.05, 4.69) is 23.9 Å². The molecule has 1 N–H and O–H groups in total. The Morgan fingerprint density at radius 3 is 2.77 bits per heavy atom. The quantitative estimate of drug-likeness (QED) is 0.688. The van der Waals surface area contributed by atoms with Crippen LogP contribution in [0.5, 0.6) is 0 Å². The van der Waals surface area contributed by atoms with Gasteiger partial charge in [0.15, 0.2) is 0 Å². The van der Waals surface area contributed by atoms with Crippen LogP contribution in [0.2, 0.25) is 0 Å². The lowest BCUT2D eigenvalue weighted by Crippen LogP contribution is -2.39. The summed E-state index contributed by atoms with van der Waals surface area (Å²) in [6.45, 7) is 4.94. The standard InChI is InChI=1S/C10H22N2O/c1-9(13)7-11(2)8-10-5-4-6-12(10)3/h9-10,13H,4-8H2,1-3H3/t9-,10?/m1/s1. The molecule has 1 aliphatic heterocycles. The molecule has 0 aromatic rings. The van der Waals surface area contributed by atoms with Crippen molar-refractivity contribution in [1.82, 2.24) is 9.80 Å². The Balaban J connectivity index is 2.22. The molecule has 2 atom stereocenters. The molecule has 1 aliphatic rings. The highest BCUT2D eigenvalue weighted by Crippen LogP contribution is 2.15. The maximum absolute atomic E-state index is 9.21. The molecule has 0 saturated carbocycles. The van der Waals surface area contributed by atoms with Crippen LogP contribution in [0, 0.1) is 0 Å². The fourth-order valence-electron chi connectivity index (χ4n) is 2.10. The highest BCUT2D eigenvalue weighted by Gasteiger charge is 2.22. The van der Waals surface area contributed by atoms with Gasteiger partial charge < -0.3 is 14.9 Å².